The molecule has 0 saturated heterocycles. The second kappa shape index (κ2) is 6.33. The summed E-state index contributed by atoms with van der Waals surface area (Å²) < 4.78 is 5.48. The van der Waals surface area contributed by atoms with Crippen LogP contribution in [-0.4, -0.2) is 22.4 Å². The summed E-state index contributed by atoms with van der Waals surface area (Å²) in [6.45, 7) is 2.47. The van der Waals surface area contributed by atoms with Crippen LogP contribution in [0.25, 0.3) is 0 Å². The highest BCUT2D eigenvalue weighted by atomic mass is 16.5. The van der Waals surface area contributed by atoms with Crippen molar-refractivity contribution >= 4 is 11.6 Å². The van der Waals surface area contributed by atoms with Crippen LogP contribution in [0.4, 0.5) is 5.82 Å². The lowest BCUT2D eigenvalue weighted by atomic mass is 9.76. The van der Waals surface area contributed by atoms with E-state index >= 15 is 0 Å². The third kappa shape index (κ3) is 2.65. The molecule has 26 heavy (non-hydrogen) atoms. The standard InChI is InChI=1S/C19H19N3O4/c1-2-26-11-8-6-10(7-9-11)14-15-12(4-3-5-13(15)23)20-17-16(14)18(24)22-19(25)21-17/h6-9,14H,2-5H2,1H3,(H3,20,21,22,24,25)/t14-/m0/s1. The molecule has 1 aliphatic carbocycles. The van der Waals surface area contributed by atoms with Gasteiger partial charge in [-0.15, -0.1) is 0 Å². The highest BCUT2D eigenvalue weighted by molar-refractivity contribution is 6.00. The van der Waals surface area contributed by atoms with E-state index in [0.717, 1.165) is 23.4 Å². The fourth-order valence-electron chi connectivity index (χ4n) is 3.75. The van der Waals surface area contributed by atoms with E-state index in [4.69, 9.17) is 4.74 Å². The van der Waals surface area contributed by atoms with E-state index in [0.29, 0.717) is 36.4 Å². The van der Waals surface area contributed by atoms with Crippen molar-refractivity contribution in [1.29, 1.82) is 0 Å². The van der Waals surface area contributed by atoms with Gasteiger partial charge in [-0.05, 0) is 37.5 Å². The minimum Gasteiger partial charge on any atom is -0.494 e. The highest BCUT2D eigenvalue weighted by Crippen LogP contribution is 2.42. The van der Waals surface area contributed by atoms with Gasteiger partial charge in [0.2, 0.25) is 0 Å². The Labute approximate surface area is 149 Å². The summed E-state index contributed by atoms with van der Waals surface area (Å²) in [5.41, 5.74) is 1.52. The number of H-pyrrole nitrogens is 2. The second-order valence-electron chi connectivity index (χ2n) is 6.43. The molecule has 134 valence electrons. The molecule has 3 N–H and O–H groups in total. The molecule has 0 unspecified atom stereocenters. The zero-order chi connectivity index (χ0) is 18.3. The van der Waals surface area contributed by atoms with Gasteiger partial charge in [-0.1, -0.05) is 12.1 Å². The van der Waals surface area contributed by atoms with Gasteiger partial charge in [-0.25, -0.2) is 4.79 Å². The molecule has 0 bridgehead atoms. The van der Waals surface area contributed by atoms with E-state index in [1.54, 1.807) is 0 Å². The number of hydrogen-bond donors (Lipinski definition) is 3. The van der Waals surface area contributed by atoms with E-state index in [2.05, 4.69) is 15.3 Å². The number of hydrogen-bond acceptors (Lipinski definition) is 5. The molecule has 2 heterocycles. The Morgan fingerprint density at radius 2 is 1.85 bits per heavy atom. The quantitative estimate of drug-likeness (QED) is 0.783. The van der Waals surface area contributed by atoms with Gasteiger partial charge < -0.3 is 10.1 Å². The Hall–Kier alpha value is -3.09. The maximum Gasteiger partial charge on any atom is 0.327 e. The molecule has 7 heteroatoms. The number of allylic oxidation sites excluding steroid dienone is 2. The van der Waals surface area contributed by atoms with Gasteiger partial charge >= 0.3 is 5.69 Å². The maximum atomic E-state index is 12.7. The average molecular weight is 353 g/mol. The maximum absolute atomic E-state index is 12.7. The van der Waals surface area contributed by atoms with E-state index in [9.17, 15) is 14.4 Å². The van der Waals surface area contributed by atoms with Crippen molar-refractivity contribution in [2.75, 3.05) is 11.9 Å². The largest absolute Gasteiger partial charge is 0.494 e. The molecule has 0 spiro atoms. The zero-order valence-electron chi connectivity index (χ0n) is 14.3. The van der Waals surface area contributed by atoms with Gasteiger partial charge in [0.1, 0.15) is 11.6 Å². The summed E-state index contributed by atoms with van der Waals surface area (Å²) in [5, 5.41) is 3.10. The smallest absolute Gasteiger partial charge is 0.327 e. The molecule has 0 radical (unpaired) electrons. The Kier molecular flexibility index (Phi) is 3.99. The van der Waals surface area contributed by atoms with Crippen molar-refractivity contribution in [2.45, 2.75) is 32.1 Å². The minimum absolute atomic E-state index is 0.0360. The number of benzene rings is 1. The predicted molar refractivity (Wildman–Crippen MR) is 96.6 cm³/mol. The molecule has 7 nitrogen and oxygen atoms in total. The van der Waals surface area contributed by atoms with Gasteiger partial charge in [-0.3, -0.25) is 19.6 Å². The van der Waals surface area contributed by atoms with E-state index < -0.39 is 17.2 Å². The van der Waals surface area contributed by atoms with Crippen LogP contribution in [-0.2, 0) is 4.79 Å². The number of carbonyl (C=O) groups is 1. The number of rotatable bonds is 3. The normalized spacial score (nSPS) is 18.8. The number of ether oxygens (including phenoxy) is 1. The fraction of sp³-hybridized carbons (Fsp3) is 0.316. The van der Waals surface area contributed by atoms with Crippen molar-refractivity contribution in [2.24, 2.45) is 0 Å². The molecular formula is C19H19N3O4. The Morgan fingerprint density at radius 1 is 1.08 bits per heavy atom. The summed E-state index contributed by atoms with van der Waals surface area (Å²) in [6, 6.07) is 7.38. The Bertz CT molecular complexity index is 1010. The first-order chi connectivity index (χ1) is 12.6. The van der Waals surface area contributed by atoms with Crippen LogP contribution < -0.4 is 21.3 Å². The van der Waals surface area contributed by atoms with Crippen molar-refractivity contribution in [3.63, 3.8) is 0 Å². The van der Waals surface area contributed by atoms with Gasteiger partial charge in [0, 0.05) is 23.6 Å². The zero-order valence-corrected chi connectivity index (χ0v) is 14.3. The van der Waals surface area contributed by atoms with E-state index in [1.807, 2.05) is 31.2 Å². The minimum atomic E-state index is -0.571. The SMILES string of the molecule is CCOc1ccc([C@H]2C3=C(CCCC3=O)Nc3[nH]c(=O)[nH]c(=O)c32)cc1. The Balaban J connectivity index is 1.92. The molecule has 1 aromatic carbocycles. The first-order valence-corrected chi connectivity index (χ1v) is 8.71. The fourth-order valence-corrected chi connectivity index (χ4v) is 3.75. The number of anilines is 1. The van der Waals surface area contributed by atoms with Crippen molar-refractivity contribution in [1.82, 2.24) is 9.97 Å². The van der Waals surface area contributed by atoms with Crippen molar-refractivity contribution in [3.8, 4) is 5.75 Å². The number of nitrogens with one attached hydrogen (secondary N) is 3. The topological polar surface area (TPSA) is 104 Å². The van der Waals surface area contributed by atoms with Crippen LogP contribution in [0.2, 0.25) is 0 Å². The monoisotopic (exact) mass is 353 g/mol. The number of aromatic amines is 2. The second-order valence-corrected chi connectivity index (χ2v) is 6.43. The van der Waals surface area contributed by atoms with E-state index in [-0.39, 0.29) is 5.78 Å². The number of carbonyl (C=O) groups excluding carboxylic acids is 1. The molecule has 2 aromatic rings. The van der Waals surface area contributed by atoms with Crippen LogP contribution in [0.15, 0.2) is 45.1 Å². The summed E-state index contributed by atoms with van der Waals surface area (Å²) in [5.74, 6) is 0.621. The summed E-state index contributed by atoms with van der Waals surface area (Å²) in [4.78, 5) is 41.8. The molecule has 1 atom stereocenters. The van der Waals surface area contributed by atoms with Crippen LogP contribution >= 0.6 is 0 Å². The lowest BCUT2D eigenvalue weighted by Gasteiger charge is -2.32. The lowest BCUT2D eigenvalue weighted by molar-refractivity contribution is -0.116. The third-order valence-electron chi connectivity index (χ3n) is 4.81. The molecule has 0 fully saturated rings. The Morgan fingerprint density at radius 3 is 2.58 bits per heavy atom. The molecular weight excluding hydrogens is 334 g/mol. The first-order valence-electron chi connectivity index (χ1n) is 8.71. The molecule has 2 aliphatic rings. The van der Waals surface area contributed by atoms with Crippen LogP contribution in [0, 0.1) is 0 Å². The highest BCUT2D eigenvalue weighted by Gasteiger charge is 2.37. The van der Waals surface area contributed by atoms with Crippen LogP contribution in [0.3, 0.4) is 0 Å². The van der Waals surface area contributed by atoms with Gasteiger partial charge in [-0.2, -0.15) is 0 Å². The number of Topliss-reactive ketones (excluding diaryl/α,β-unsaturated/α-hetero) is 1. The third-order valence-corrected chi connectivity index (χ3v) is 4.81. The number of fused-ring (bicyclic) bond motifs is 1. The van der Waals surface area contributed by atoms with Crippen LogP contribution in [0.5, 0.6) is 5.75 Å². The first kappa shape index (κ1) is 16.4. The summed E-state index contributed by atoms with van der Waals surface area (Å²) in [7, 11) is 0. The van der Waals surface area contributed by atoms with Crippen molar-refractivity contribution < 1.29 is 9.53 Å². The van der Waals surface area contributed by atoms with E-state index in [1.165, 1.54) is 0 Å². The molecule has 1 aromatic heterocycles. The average Bonchev–Trinajstić information content (AvgIpc) is 2.61. The molecule has 1 aliphatic heterocycles. The van der Waals surface area contributed by atoms with Gasteiger partial charge in [0.15, 0.2) is 5.78 Å². The predicted octanol–water partition coefficient (Wildman–Crippen LogP) is 2.03. The van der Waals surface area contributed by atoms with Gasteiger partial charge in [0.25, 0.3) is 5.56 Å². The number of ketones is 1. The number of aromatic nitrogens is 2. The van der Waals surface area contributed by atoms with Crippen LogP contribution in [0.1, 0.15) is 43.2 Å². The summed E-state index contributed by atoms with van der Waals surface area (Å²) >= 11 is 0. The molecule has 4 rings (SSSR count). The van der Waals surface area contributed by atoms with Gasteiger partial charge in [0.05, 0.1) is 12.2 Å². The van der Waals surface area contributed by atoms with Crippen molar-refractivity contribution in [3.05, 3.63) is 67.5 Å². The lowest BCUT2D eigenvalue weighted by Crippen LogP contribution is -2.36. The molecule has 0 amide bonds. The summed E-state index contributed by atoms with van der Waals surface area (Å²) in [6.07, 6.45) is 1.93. The molecule has 0 saturated carbocycles.